The third-order valence-corrected chi connectivity index (χ3v) is 7.64. The summed E-state index contributed by atoms with van der Waals surface area (Å²) in [6, 6.07) is 1.62. The largest absolute Gasteiger partial charge is 0.486 e. The number of ether oxygens (including phenoxy) is 2. The molecule has 0 aliphatic carbocycles. The van der Waals surface area contributed by atoms with Crippen LogP contribution in [0.3, 0.4) is 0 Å². The summed E-state index contributed by atoms with van der Waals surface area (Å²) in [6.45, 7) is 11.6. The molecule has 35 heavy (non-hydrogen) atoms. The molecule has 194 valence electrons. The minimum Gasteiger partial charge on any atom is -0.486 e. The zero-order valence-electron chi connectivity index (χ0n) is 21.2. The van der Waals surface area contributed by atoms with Gasteiger partial charge in [-0.1, -0.05) is 11.6 Å². The average molecular weight is 508 g/mol. The number of amides is 3. The van der Waals surface area contributed by atoms with Crippen LogP contribution in [0.2, 0.25) is 5.02 Å². The van der Waals surface area contributed by atoms with E-state index in [1.165, 1.54) is 0 Å². The number of piperidine rings is 1. The molecule has 3 amide bonds. The van der Waals surface area contributed by atoms with Crippen LogP contribution in [-0.2, 0) is 11.2 Å². The van der Waals surface area contributed by atoms with Crippen LogP contribution < -0.4 is 15.8 Å². The smallest absolute Gasteiger partial charge is 0.320 e. The van der Waals surface area contributed by atoms with E-state index in [0.717, 1.165) is 64.2 Å². The number of nitrogens with one attached hydrogen (secondary N) is 1. The van der Waals surface area contributed by atoms with Crippen molar-refractivity contribution in [2.75, 3.05) is 58.7 Å². The first-order chi connectivity index (χ1) is 16.6. The van der Waals surface area contributed by atoms with Crippen LogP contribution in [0.5, 0.6) is 5.75 Å². The van der Waals surface area contributed by atoms with Gasteiger partial charge in [-0.2, -0.15) is 0 Å². The number of hydrogen-bond acceptors (Lipinski definition) is 6. The molecule has 3 heterocycles. The van der Waals surface area contributed by atoms with Gasteiger partial charge in [-0.3, -0.25) is 4.79 Å². The Morgan fingerprint density at radius 1 is 1.29 bits per heavy atom. The van der Waals surface area contributed by atoms with Crippen LogP contribution in [-0.4, -0.2) is 97.3 Å². The lowest BCUT2D eigenvalue weighted by Crippen LogP contribution is -2.55. The van der Waals surface area contributed by atoms with E-state index in [2.05, 4.69) is 10.2 Å². The second-order valence-corrected chi connectivity index (χ2v) is 10.7. The number of likely N-dealkylation sites (tertiary alicyclic amines) is 1. The molecule has 1 aromatic carbocycles. The van der Waals surface area contributed by atoms with Crippen molar-refractivity contribution in [2.45, 2.75) is 57.8 Å². The van der Waals surface area contributed by atoms with Gasteiger partial charge in [0.15, 0.2) is 0 Å². The summed E-state index contributed by atoms with van der Waals surface area (Å²) >= 11 is 6.35. The third kappa shape index (κ3) is 5.47. The van der Waals surface area contributed by atoms with E-state index < -0.39 is 5.60 Å². The third-order valence-electron chi connectivity index (χ3n) is 7.33. The van der Waals surface area contributed by atoms with E-state index in [4.69, 9.17) is 26.8 Å². The number of nitrogens with two attached hydrogens (primary N) is 1. The first-order valence-electron chi connectivity index (χ1n) is 12.5. The summed E-state index contributed by atoms with van der Waals surface area (Å²) in [5.41, 5.74) is 7.42. The summed E-state index contributed by atoms with van der Waals surface area (Å²) in [4.78, 5) is 31.7. The Bertz CT molecular complexity index is 972. The van der Waals surface area contributed by atoms with Gasteiger partial charge in [0.25, 0.3) is 5.91 Å². The molecule has 2 fully saturated rings. The van der Waals surface area contributed by atoms with Gasteiger partial charge in [-0.15, -0.1) is 0 Å². The SMILES string of the molecule is CCN1CCN(CCCN2CC[C@@H](NC(=O)c3cc(Cl)c(N)c4c3OC(C)(C)C4)[C@@H](OC)C2)C1=O. The average Bonchev–Trinajstić information content (AvgIpc) is 3.35. The van der Waals surface area contributed by atoms with Crippen LogP contribution in [0.25, 0.3) is 0 Å². The topological polar surface area (TPSA) is 100 Å². The molecule has 0 bridgehead atoms. The summed E-state index contributed by atoms with van der Waals surface area (Å²) in [5.74, 6) is 0.299. The van der Waals surface area contributed by atoms with Gasteiger partial charge >= 0.3 is 6.03 Å². The normalized spacial score (nSPS) is 24.0. The molecule has 3 aliphatic rings. The number of fused-ring (bicyclic) bond motifs is 1. The zero-order chi connectivity index (χ0) is 25.3. The van der Waals surface area contributed by atoms with Crippen LogP contribution in [0, 0.1) is 0 Å². The predicted molar refractivity (Wildman–Crippen MR) is 136 cm³/mol. The van der Waals surface area contributed by atoms with Gasteiger partial charge in [0, 0.05) is 58.4 Å². The predicted octanol–water partition coefficient (Wildman–Crippen LogP) is 2.60. The van der Waals surface area contributed by atoms with Crippen LogP contribution >= 0.6 is 11.6 Å². The Morgan fingerprint density at radius 3 is 2.71 bits per heavy atom. The summed E-state index contributed by atoms with van der Waals surface area (Å²) < 4.78 is 11.8. The number of anilines is 1. The van der Waals surface area contributed by atoms with Crippen molar-refractivity contribution >= 4 is 29.2 Å². The molecule has 1 aromatic rings. The van der Waals surface area contributed by atoms with Crippen molar-refractivity contribution in [2.24, 2.45) is 0 Å². The molecule has 2 atom stereocenters. The highest BCUT2D eigenvalue weighted by molar-refractivity contribution is 6.33. The maximum atomic E-state index is 13.3. The number of hydrogen-bond donors (Lipinski definition) is 2. The number of likely N-dealkylation sites (N-methyl/N-ethyl adjacent to an activating group) is 1. The van der Waals surface area contributed by atoms with E-state index in [9.17, 15) is 9.59 Å². The zero-order valence-corrected chi connectivity index (χ0v) is 22.0. The van der Waals surface area contributed by atoms with Crippen molar-refractivity contribution in [1.82, 2.24) is 20.0 Å². The summed E-state index contributed by atoms with van der Waals surface area (Å²) in [6.07, 6.45) is 2.16. The highest BCUT2D eigenvalue weighted by Gasteiger charge is 2.37. The van der Waals surface area contributed by atoms with E-state index in [-0.39, 0.29) is 24.1 Å². The molecular weight excluding hydrogens is 470 g/mol. The van der Waals surface area contributed by atoms with Gasteiger partial charge in [-0.25, -0.2) is 4.79 Å². The molecular formula is C25H38ClN5O4. The Labute approximate surface area is 212 Å². The minimum absolute atomic E-state index is 0.122. The molecule has 10 heteroatoms. The molecule has 2 saturated heterocycles. The van der Waals surface area contributed by atoms with Crippen molar-refractivity contribution in [3.63, 3.8) is 0 Å². The highest BCUT2D eigenvalue weighted by atomic mass is 35.5. The first kappa shape index (κ1) is 25.9. The van der Waals surface area contributed by atoms with Crippen LogP contribution in [0.1, 0.15) is 49.5 Å². The fourth-order valence-corrected chi connectivity index (χ4v) is 5.57. The number of urea groups is 1. The van der Waals surface area contributed by atoms with Crippen molar-refractivity contribution in [3.8, 4) is 5.75 Å². The quantitative estimate of drug-likeness (QED) is 0.525. The van der Waals surface area contributed by atoms with Gasteiger partial charge < -0.3 is 35.2 Å². The maximum absolute atomic E-state index is 13.3. The Balaban J connectivity index is 1.33. The van der Waals surface area contributed by atoms with Gasteiger partial charge in [-0.05, 0) is 46.2 Å². The number of carbonyl (C=O) groups excluding carboxylic acids is 2. The molecule has 0 saturated carbocycles. The van der Waals surface area contributed by atoms with Crippen molar-refractivity contribution < 1.29 is 19.1 Å². The van der Waals surface area contributed by atoms with Crippen molar-refractivity contribution in [3.05, 3.63) is 22.2 Å². The lowest BCUT2D eigenvalue weighted by atomic mass is 9.97. The Hall–Kier alpha value is -2.23. The van der Waals surface area contributed by atoms with E-state index in [0.29, 0.717) is 28.4 Å². The second kappa shape index (κ2) is 10.4. The summed E-state index contributed by atoms with van der Waals surface area (Å²) in [7, 11) is 1.68. The second-order valence-electron chi connectivity index (χ2n) is 10.3. The fourth-order valence-electron chi connectivity index (χ4n) is 5.35. The van der Waals surface area contributed by atoms with Gasteiger partial charge in [0.05, 0.1) is 28.4 Å². The monoisotopic (exact) mass is 507 g/mol. The number of rotatable bonds is 8. The maximum Gasteiger partial charge on any atom is 0.320 e. The van der Waals surface area contributed by atoms with E-state index in [1.54, 1.807) is 13.2 Å². The number of benzene rings is 1. The molecule has 4 rings (SSSR count). The van der Waals surface area contributed by atoms with Gasteiger partial charge in [0.2, 0.25) is 0 Å². The standard InChI is InChI=1S/C25H38ClN5O4/c1-5-30-11-12-31(24(30)33)9-6-8-29-10-7-19(20(15-29)34-4)28-23(32)16-13-18(26)21(27)17-14-25(2,3)35-22(16)17/h13,19-20H,5-12,14-15,27H2,1-4H3,(H,28,32)/t19-,20+/m1/s1. The Kier molecular flexibility index (Phi) is 7.68. The minimum atomic E-state index is -0.439. The number of halogens is 1. The molecule has 3 N–H and O–H groups in total. The number of nitrogens with zero attached hydrogens (tertiary/aromatic N) is 3. The highest BCUT2D eigenvalue weighted by Crippen LogP contribution is 2.44. The molecule has 3 aliphatic heterocycles. The van der Waals surface area contributed by atoms with Crippen LogP contribution in [0.15, 0.2) is 6.07 Å². The molecule has 0 radical (unpaired) electrons. The number of carbonyl (C=O) groups is 2. The van der Waals surface area contributed by atoms with Crippen molar-refractivity contribution in [1.29, 1.82) is 0 Å². The van der Waals surface area contributed by atoms with E-state index >= 15 is 0 Å². The molecule has 0 spiro atoms. The summed E-state index contributed by atoms with van der Waals surface area (Å²) in [5, 5.41) is 3.52. The van der Waals surface area contributed by atoms with E-state index in [1.807, 2.05) is 30.6 Å². The number of nitrogen functional groups attached to an aromatic ring is 1. The van der Waals surface area contributed by atoms with Crippen LogP contribution in [0.4, 0.5) is 10.5 Å². The molecule has 0 aromatic heterocycles. The Morgan fingerprint density at radius 2 is 2.03 bits per heavy atom. The number of methoxy groups -OCH3 is 1. The molecule has 9 nitrogen and oxygen atoms in total. The lowest BCUT2D eigenvalue weighted by Gasteiger charge is -2.38. The first-order valence-corrected chi connectivity index (χ1v) is 12.9. The van der Waals surface area contributed by atoms with Gasteiger partial charge in [0.1, 0.15) is 11.4 Å². The fraction of sp³-hybridized carbons (Fsp3) is 0.680. The lowest BCUT2D eigenvalue weighted by molar-refractivity contribution is 0.00572. The molecule has 0 unspecified atom stereocenters.